The maximum Gasteiger partial charge on any atom is 0.306 e. The van der Waals surface area contributed by atoms with Crippen LogP contribution in [0.5, 0.6) is 0 Å². The summed E-state index contributed by atoms with van der Waals surface area (Å²) in [7, 11) is 0. The number of esters is 3. The van der Waals surface area contributed by atoms with E-state index in [4.69, 9.17) is 14.2 Å². The first kappa shape index (κ1) is 56.4. The van der Waals surface area contributed by atoms with Crippen molar-refractivity contribution in [3.63, 3.8) is 0 Å². The third-order valence-corrected chi connectivity index (χ3v) is 10.8. The van der Waals surface area contributed by atoms with Gasteiger partial charge < -0.3 is 14.2 Å². The van der Waals surface area contributed by atoms with E-state index in [9.17, 15) is 14.4 Å². The molecule has 0 aliphatic rings. The third-order valence-electron chi connectivity index (χ3n) is 10.8. The molecule has 1 unspecified atom stereocenters. The van der Waals surface area contributed by atoms with Gasteiger partial charge in [-0.1, -0.05) is 204 Å². The van der Waals surface area contributed by atoms with E-state index >= 15 is 0 Å². The van der Waals surface area contributed by atoms with Gasteiger partial charge in [0.25, 0.3) is 0 Å². The van der Waals surface area contributed by atoms with Crippen LogP contribution in [0, 0.1) is 0 Å². The zero-order valence-electron chi connectivity index (χ0n) is 39.0. The minimum Gasteiger partial charge on any atom is -0.462 e. The van der Waals surface area contributed by atoms with Gasteiger partial charge >= 0.3 is 17.9 Å². The predicted octanol–water partition coefficient (Wildman–Crippen LogP) is 16.3. The Morgan fingerprint density at radius 1 is 0.356 bits per heavy atom. The Balaban J connectivity index is 4.39. The monoisotopic (exact) mass is 827 g/mol. The molecule has 6 nitrogen and oxygen atoms in total. The molecular weight excluding hydrogens is 733 g/mol. The van der Waals surface area contributed by atoms with E-state index in [-0.39, 0.29) is 31.1 Å². The van der Waals surface area contributed by atoms with Crippen LogP contribution in [0.25, 0.3) is 0 Å². The molecule has 0 rings (SSSR count). The molecule has 342 valence electrons. The van der Waals surface area contributed by atoms with Crippen LogP contribution in [0.2, 0.25) is 0 Å². The third kappa shape index (κ3) is 46.3. The summed E-state index contributed by atoms with van der Waals surface area (Å²) < 4.78 is 16.8. The van der Waals surface area contributed by atoms with Crippen molar-refractivity contribution in [1.29, 1.82) is 0 Å². The van der Waals surface area contributed by atoms with Crippen molar-refractivity contribution in [1.82, 2.24) is 0 Å². The summed E-state index contributed by atoms with van der Waals surface area (Å²) in [5.74, 6) is -0.900. The number of allylic oxidation sites excluding steroid dienone is 8. The molecule has 0 spiro atoms. The summed E-state index contributed by atoms with van der Waals surface area (Å²) in [6, 6.07) is 0. The SMILES string of the molecule is CC/C=C\C/C=C\C/C=C\CCCCCCCC(=O)OCC(COC(=O)CCCCCCC/C=C\CCCCC)OC(=O)CCCCCCCCCCCCCCCC. The van der Waals surface area contributed by atoms with Gasteiger partial charge in [0, 0.05) is 19.3 Å². The summed E-state index contributed by atoms with van der Waals surface area (Å²) >= 11 is 0. The number of carbonyl (C=O) groups excluding carboxylic acids is 3. The molecule has 0 saturated heterocycles. The van der Waals surface area contributed by atoms with Crippen LogP contribution < -0.4 is 0 Å². The van der Waals surface area contributed by atoms with E-state index < -0.39 is 6.10 Å². The molecule has 6 heteroatoms. The van der Waals surface area contributed by atoms with Crippen molar-refractivity contribution < 1.29 is 28.6 Å². The number of hydrogen-bond acceptors (Lipinski definition) is 6. The van der Waals surface area contributed by atoms with Crippen LogP contribution in [0.4, 0.5) is 0 Å². The fourth-order valence-electron chi connectivity index (χ4n) is 7.04. The van der Waals surface area contributed by atoms with E-state index in [1.165, 1.54) is 109 Å². The Labute approximate surface area is 365 Å². The molecule has 0 aromatic heterocycles. The quantitative estimate of drug-likeness (QED) is 0.0263. The van der Waals surface area contributed by atoms with Gasteiger partial charge in [-0.05, 0) is 77.0 Å². The van der Waals surface area contributed by atoms with E-state index in [0.717, 1.165) is 103 Å². The summed E-state index contributed by atoms with van der Waals surface area (Å²) in [6.07, 6.45) is 56.6. The highest BCUT2D eigenvalue weighted by atomic mass is 16.6. The van der Waals surface area contributed by atoms with Crippen LogP contribution in [0.1, 0.15) is 252 Å². The van der Waals surface area contributed by atoms with Gasteiger partial charge in [0.1, 0.15) is 13.2 Å². The van der Waals surface area contributed by atoms with Gasteiger partial charge in [0.15, 0.2) is 6.10 Å². The van der Waals surface area contributed by atoms with Crippen LogP contribution in [0.15, 0.2) is 48.6 Å². The summed E-state index contributed by atoms with van der Waals surface area (Å²) in [4.78, 5) is 37.9. The second kappa shape index (κ2) is 48.0. The lowest BCUT2D eigenvalue weighted by molar-refractivity contribution is -0.167. The molecule has 0 fully saturated rings. The molecule has 59 heavy (non-hydrogen) atoms. The molecule has 0 aliphatic carbocycles. The molecule has 0 bridgehead atoms. The molecule has 0 aliphatic heterocycles. The molecule has 0 amide bonds. The maximum atomic E-state index is 12.8. The average molecular weight is 827 g/mol. The number of unbranched alkanes of at least 4 members (excludes halogenated alkanes) is 26. The highest BCUT2D eigenvalue weighted by molar-refractivity contribution is 5.71. The van der Waals surface area contributed by atoms with Crippen molar-refractivity contribution in [2.24, 2.45) is 0 Å². The van der Waals surface area contributed by atoms with Crippen molar-refractivity contribution in [2.45, 2.75) is 258 Å². The molecule has 0 radical (unpaired) electrons. The van der Waals surface area contributed by atoms with E-state index in [2.05, 4.69) is 69.4 Å². The van der Waals surface area contributed by atoms with Crippen LogP contribution >= 0.6 is 0 Å². The number of hydrogen-bond donors (Lipinski definition) is 0. The Morgan fingerprint density at radius 3 is 1.08 bits per heavy atom. The van der Waals surface area contributed by atoms with E-state index in [0.29, 0.717) is 19.3 Å². The fraction of sp³-hybridized carbons (Fsp3) is 0.792. The normalized spacial score (nSPS) is 12.4. The molecular formula is C53H94O6. The van der Waals surface area contributed by atoms with Crippen molar-refractivity contribution in [3.05, 3.63) is 48.6 Å². The maximum absolute atomic E-state index is 12.8. The highest BCUT2D eigenvalue weighted by Crippen LogP contribution is 2.15. The van der Waals surface area contributed by atoms with Gasteiger partial charge in [0.2, 0.25) is 0 Å². The van der Waals surface area contributed by atoms with Crippen molar-refractivity contribution >= 4 is 17.9 Å². The molecule has 0 heterocycles. The highest BCUT2D eigenvalue weighted by Gasteiger charge is 2.19. The smallest absolute Gasteiger partial charge is 0.306 e. The van der Waals surface area contributed by atoms with Gasteiger partial charge in [0.05, 0.1) is 0 Å². The van der Waals surface area contributed by atoms with E-state index in [1.54, 1.807) is 0 Å². The lowest BCUT2D eigenvalue weighted by Gasteiger charge is -2.18. The van der Waals surface area contributed by atoms with Gasteiger partial charge in [-0.2, -0.15) is 0 Å². The number of rotatable bonds is 45. The first-order valence-electron chi connectivity index (χ1n) is 25.1. The second-order valence-electron chi connectivity index (χ2n) is 16.7. The molecule has 0 N–H and O–H groups in total. The standard InChI is InChI=1S/C53H94O6/c1-4-7-10-13-16-19-22-25-27-29-31-34-37-40-43-46-52(55)58-49-50(48-57-51(54)45-42-39-36-33-30-24-21-18-15-12-9-6-3)59-53(56)47-44-41-38-35-32-28-26-23-20-17-14-11-8-5-2/h7,10,16,18-19,21,25,27,50H,4-6,8-9,11-15,17,20,22-24,26,28-49H2,1-3H3/b10-7-,19-16-,21-18-,27-25-. The zero-order chi connectivity index (χ0) is 43.0. The first-order chi connectivity index (χ1) is 29.0. The number of carbonyl (C=O) groups is 3. The number of ether oxygens (including phenoxy) is 3. The predicted molar refractivity (Wildman–Crippen MR) is 252 cm³/mol. The summed E-state index contributed by atoms with van der Waals surface area (Å²) in [5.41, 5.74) is 0. The Morgan fingerprint density at radius 2 is 0.661 bits per heavy atom. The van der Waals surface area contributed by atoms with Crippen molar-refractivity contribution in [3.8, 4) is 0 Å². The summed E-state index contributed by atoms with van der Waals surface area (Å²) in [6.45, 7) is 6.49. The van der Waals surface area contributed by atoms with Gasteiger partial charge in [-0.25, -0.2) is 0 Å². The van der Waals surface area contributed by atoms with Crippen LogP contribution in [0.3, 0.4) is 0 Å². The minimum atomic E-state index is -0.779. The average Bonchev–Trinajstić information content (AvgIpc) is 3.23. The lowest BCUT2D eigenvalue weighted by atomic mass is 10.0. The van der Waals surface area contributed by atoms with Gasteiger partial charge in [-0.3, -0.25) is 14.4 Å². The first-order valence-corrected chi connectivity index (χ1v) is 25.1. The Hall–Kier alpha value is -2.63. The fourth-order valence-corrected chi connectivity index (χ4v) is 7.04. The Kier molecular flexibility index (Phi) is 45.9. The molecule has 0 aromatic carbocycles. The van der Waals surface area contributed by atoms with Crippen LogP contribution in [-0.4, -0.2) is 37.2 Å². The zero-order valence-corrected chi connectivity index (χ0v) is 39.0. The molecule has 0 saturated carbocycles. The summed E-state index contributed by atoms with van der Waals surface area (Å²) in [5, 5.41) is 0. The second-order valence-corrected chi connectivity index (χ2v) is 16.7. The largest absolute Gasteiger partial charge is 0.462 e. The van der Waals surface area contributed by atoms with Gasteiger partial charge in [-0.15, -0.1) is 0 Å². The molecule has 1 atom stereocenters. The van der Waals surface area contributed by atoms with Crippen molar-refractivity contribution in [2.75, 3.05) is 13.2 Å². The lowest BCUT2D eigenvalue weighted by Crippen LogP contribution is -2.30. The Bertz CT molecular complexity index is 1040. The topological polar surface area (TPSA) is 78.9 Å². The van der Waals surface area contributed by atoms with Crippen LogP contribution in [-0.2, 0) is 28.6 Å². The van der Waals surface area contributed by atoms with E-state index in [1.807, 2.05) is 0 Å². The molecule has 0 aromatic rings. The minimum absolute atomic E-state index is 0.0811.